The Morgan fingerprint density at radius 1 is 1.52 bits per heavy atom. The van der Waals surface area contributed by atoms with Crippen LogP contribution in [-0.4, -0.2) is 46.1 Å². The number of amides is 1. The minimum atomic E-state index is -1.09. The van der Waals surface area contributed by atoms with Crippen molar-refractivity contribution in [3.8, 4) is 5.88 Å². The van der Waals surface area contributed by atoms with Gasteiger partial charge in [0.2, 0.25) is 11.8 Å². The molecule has 0 unspecified atom stereocenters. The summed E-state index contributed by atoms with van der Waals surface area (Å²) in [7, 11) is 0. The highest BCUT2D eigenvalue weighted by molar-refractivity contribution is 6.32. The quantitative estimate of drug-likeness (QED) is 0.861. The fraction of sp³-hybridized carbons (Fsp3) is 0.562. The first kappa shape index (κ1) is 17.5. The molecule has 23 heavy (non-hydrogen) atoms. The van der Waals surface area contributed by atoms with Crippen LogP contribution in [0.2, 0.25) is 5.02 Å². The Labute approximate surface area is 140 Å². The van der Waals surface area contributed by atoms with E-state index in [0.29, 0.717) is 18.9 Å². The van der Waals surface area contributed by atoms with Gasteiger partial charge in [-0.3, -0.25) is 4.79 Å². The molecule has 6 nitrogen and oxygen atoms in total. The first-order valence-corrected chi connectivity index (χ1v) is 8.07. The number of nitrogens with zero attached hydrogens (tertiary/aromatic N) is 2. The number of carboxylic acid groups (broad SMARTS) is 1. The molecule has 0 saturated carbocycles. The Morgan fingerprint density at radius 2 is 2.26 bits per heavy atom. The second-order valence-electron chi connectivity index (χ2n) is 6.11. The summed E-state index contributed by atoms with van der Waals surface area (Å²) in [6.45, 7) is 5.10. The van der Waals surface area contributed by atoms with Gasteiger partial charge < -0.3 is 14.7 Å². The molecule has 0 radical (unpaired) electrons. The van der Waals surface area contributed by atoms with Crippen molar-refractivity contribution in [2.45, 2.75) is 39.2 Å². The number of carboxylic acids is 1. The SMILES string of the molecule is CC(C)CC(=O)N1CCC[C@H]1COc1ncc(C(=O)O)cc1Cl. The van der Waals surface area contributed by atoms with Crippen molar-refractivity contribution >= 4 is 23.5 Å². The molecule has 1 fully saturated rings. The zero-order valence-electron chi connectivity index (χ0n) is 13.3. The van der Waals surface area contributed by atoms with Gasteiger partial charge in [0.15, 0.2) is 0 Å². The van der Waals surface area contributed by atoms with Crippen LogP contribution in [0.1, 0.15) is 43.5 Å². The average molecular weight is 341 g/mol. The lowest BCUT2D eigenvalue weighted by Crippen LogP contribution is -2.39. The molecule has 1 aliphatic rings. The van der Waals surface area contributed by atoms with E-state index in [4.69, 9.17) is 21.4 Å². The number of halogens is 1. The number of ether oxygens (including phenoxy) is 1. The number of hydrogen-bond donors (Lipinski definition) is 1. The van der Waals surface area contributed by atoms with Crippen molar-refractivity contribution in [1.29, 1.82) is 0 Å². The first-order valence-electron chi connectivity index (χ1n) is 7.69. The van der Waals surface area contributed by atoms with Gasteiger partial charge in [0.1, 0.15) is 11.6 Å². The predicted octanol–water partition coefficient (Wildman–Crippen LogP) is 2.85. The van der Waals surface area contributed by atoms with E-state index >= 15 is 0 Å². The molecular formula is C16H21ClN2O4. The molecule has 126 valence electrons. The zero-order chi connectivity index (χ0) is 17.0. The molecular weight excluding hydrogens is 320 g/mol. The summed E-state index contributed by atoms with van der Waals surface area (Å²) >= 11 is 6.00. The highest BCUT2D eigenvalue weighted by Crippen LogP contribution is 2.25. The summed E-state index contributed by atoms with van der Waals surface area (Å²) in [6, 6.07) is 1.32. The molecule has 1 atom stereocenters. The number of carbonyl (C=O) groups is 2. The fourth-order valence-electron chi connectivity index (χ4n) is 2.63. The van der Waals surface area contributed by atoms with Crippen LogP contribution in [0.4, 0.5) is 0 Å². The average Bonchev–Trinajstić information content (AvgIpc) is 2.93. The summed E-state index contributed by atoms with van der Waals surface area (Å²) in [4.78, 5) is 28.9. The molecule has 1 saturated heterocycles. The maximum atomic E-state index is 12.2. The molecule has 2 rings (SSSR count). The zero-order valence-corrected chi connectivity index (χ0v) is 14.0. The number of carbonyl (C=O) groups excluding carboxylic acids is 1. The number of likely N-dealkylation sites (tertiary alicyclic amines) is 1. The Morgan fingerprint density at radius 3 is 2.87 bits per heavy atom. The number of hydrogen-bond acceptors (Lipinski definition) is 4. The predicted molar refractivity (Wildman–Crippen MR) is 85.9 cm³/mol. The lowest BCUT2D eigenvalue weighted by molar-refractivity contribution is -0.133. The number of aromatic carboxylic acids is 1. The summed E-state index contributed by atoms with van der Waals surface area (Å²) in [6.07, 6.45) is 3.58. The largest absolute Gasteiger partial charge is 0.478 e. The molecule has 1 aromatic rings. The van der Waals surface area contributed by atoms with E-state index < -0.39 is 5.97 Å². The van der Waals surface area contributed by atoms with Gasteiger partial charge in [-0.1, -0.05) is 25.4 Å². The van der Waals surface area contributed by atoms with E-state index in [0.717, 1.165) is 19.4 Å². The molecule has 0 bridgehead atoms. The van der Waals surface area contributed by atoms with E-state index in [1.165, 1.54) is 12.3 Å². The summed E-state index contributed by atoms with van der Waals surface area (Å²) < 4.78 is 5.61. The van der Waals surface area contributed by atoms with E-state index in [-0.39, 0.29) is 28.4 Å². The van der Waals surface area contributed by atoms with Crippen molar-refractivity contribution in [3.05, 3.63) is 22.8 Å². The van der Waals surface area contributed by atoms with Crippen LogP contribution < -0.4 is 4.74 Å². The van der Waals surface area contributed by atoms with E-state index in [2.05, 4.69) is 4.98 Å². The highest BCUT2D eigenvalue weighted by atomic mass is 35.5. The monoisotopic (exact) mass is 340 g/mol. The van der Waals surface area contributed by atoms with E-state index in [1.807, 2.05) is 18.7 Å². The standard InChI is InChI=1S/C16H21ClN2O4/c1-10(2)6-14(20)19-5-3-4-12(19)9-23-15-13(17)7-11(8-18-15)16(21)22/h7-8,10,12H,3-6,9H2,1-2H3,(H,21,22)/t12-/m0/s1. The van der Waals surface area contributed by atoms with Gasteiger partial charge in [0, 0.05) is 19.2 Å². The van der Waals surface area contributed by atoms with Gasteiger partial charge >= 0.3 is 5.97 Å². The van der Waals surface area contributed by atoms with Crippen molar-refractivity contribution < 1.29 is 19.4 Å². The second kappa shape index (κ2) is 7.64. The molecule has 0 spiro atoms. The van der Waals surface area contributed by atoms with Crippen LogP contribution in [0.15, 0.2) is 12.3 Å². The lowest BCUT2D eigenvalue weighted by Gasteiger charge is -2.25. The van der Waals surface area contributed by atoms with Crippen LogP contribution in [-0.2, 0) is 4.79 Å². The van der Waals surface area contributed by atoms with Crippen LogP contribution in [0, 0.1) is 5.92 Å². The van der Waals surface area contributed by atoms with Crippen molar-refractivity contribution in [2.24, 2.45) is 5.92 Å². The summed E-state index contributed by atoms with van der Waals surface area (Å²) in [5.74, 6) is -0.428. The smallest absolute Gasteiger partial charge is 0.337 e. The molecule has 0 aromatic carbocycles. The summed E-state index contributed by atoms with van der Waals surface area (Å²) in [5.41, 5.74) is 0.0111. The number of pyridine rings is 1. The van der Waals surface area contributed by atoms with Gasteiger partial charge in [-0.25, -0.2) is 9.78 Å². The van der Waals surface area contributed by atoms with E-state index in [1.54, 1.807) is 0 Å². The minimum Gasteiger partial charge on any atom is -0.478 e. The van der Waals surface area contributed by atoms with Crippen LogP contribution in [0.3, 0.4) is 0 Å². The fourth-order valence-corrected chi connectivity index (χ4v) is 2.85. The normalized spacial score (nSPS) is 17.6. The van der Waals surface area contributed by atoms with Crippen LogP contribution >= 0.6 is 11.6 Å². The lowest BCUT2D eigenvalue weighted by atomic mass is 10.1. The topological polar surface area (TPSA) is 79.7 Å². The Hall–Kier alpha value is -1.82. The Bertz CT molecular complexity index is 591. The maximum Gasteiger partial charge on any atom is 0.337 e. The van der Waals surface area contributed by atoms with Gasteiger partial charge in [0.05, 0.1) is 11.6 Å². The Kier molecular flexibility index (Phi) is 5.82. The molecule has 1 aliphatic heterocycles. The van der Waals surface area contributed by atoms with Gasteiger partial charge in [0.25, 0.3) is 0 Å². The number of aromatic nitrogens is 1. The third kappa shape index (κ3) is 4.58. The maximum absolute atomic E-state index is 12.2. The second-order valence-corrected chi connectivity index (χ2v) is 6.52. The minimum absolute atomic E-state index is 0.0111. The third-order valence-electron chi connectivity index (χ3n) is 3.75. The van der Waals surface area contributed by atoms with E-state index in [9.17, 15) is 9.59 Å². The molecule has 1 aromatic heterocycles. The highest BCUT2D eigenvalue weighted by Gasteiger charge is 2.29. The van der Waals surface area contributed by atoms with Gasteiger partial charge in [-0.15, -0.1) is 0 Å². The summed E-state index contributed by atoms with van der Waals surface area (Å²) in [5, 5.41) is 9.04. The number of rotatable bonds is 6. The van der Waals surface area contributed by atoms with Crippen LogP contribution in [0.25, 0.3) is 0 Å². The Balaban J connectivity index is 1.97. The molecule has 2 heterocycles. The van der Waals surface area contributed by atoms with Crippen molar-refractivity contribution in [2.75, 3.05) is 13.2 Å². The molecule has 1 amide bonds. The van der Waals surface area contributed by atoms with Gasteiger partial charge in [-0.2, -0.15) is 0 Å². The van der Waals surface area contributed by atoms with Crippen molar-refractivity contribution in [3.63, 3.8) is 0 Å². The first-order chi connectivity index (χ1) is 10.9. The van der Waals surface area contributed by atoms with Crippen LogP contribution in [0.5, 0.6) is 5.88 Å². The third-order valence-corrected chi connectivity index (χ3v) is 4.02. The van der Waals surface area contributed by atoms with Crippen molar-refractivity contribution in [1.82, 2.24) is 9.88 Å². The van der Waals surface area contributed by atoms with Gasteiger partial charge in [-0.05, 0) is 24.8 Å². The molecule has 7 heteroatoms. The molecule has 1 N–H and O–H groups in total. The molecule has 0 aliphatic carbocycles.